The van der Waals surface area contributed by atoms with Gasteiger partial charge in [-0.25, -0.2) is 0 Å². The van der Waals surface area contributed by atoms with Gasteiger partial charge in [-0.05, 0) is 32.9 Å². The minimum atomic E-state index is -0.581. The highest BCUT2D eigenvalue weighted by Crippen LogP contribution is 2.14. The first kappa shape index (κ1) is 14.2. The number of hydrogen-bond donors (Lipinski definition) is 2. The highest BCUT2D eigenvalue weighted by Gasteiger charge is 2.14. The van der Waals surface area contributed by atoms with Gasteiger partial charge in [0.2, 0.25) is 5.91 Å². The molecule has 0 aliphatic heterocycles. The lowest BCUT2D eigenvalue weighted by Gasteiger charge is -2.19. The van der Waals surface area contributed by atoms with Gasteiger partial charge in [0, 0.05) is 0 Å². The minimum Gasteiger partial charge on any atom is -0.366 e. The monoisotopic (exact) mass is 250 g/mol. The molecule has 0 aliphatic carbocycles. The summed E-state index contributed by atoms with van der Waals surface area (Å²) in [6.45, 7) is 5.50. The van der Waals surface area contributed by atoms with Crippen LogP contribution in [0.25, 0.3) is 0 Å². The second kappa shape index (κ2) is 5.64. The zero-order valence-electron chi connectivity index (χ0n) is 10.8. The Morgan fingerprint density at radius 1 is 1.28 bits per heavy atom. The molecule has 0 saturated carbocycles. The number of nitrogens with one attached hydrogen (secondary N) is 1. The van der Waals surface area contributed by atoms with Gasteiger partial charge in [0.25, 0.3) is 5.91 Å². The van der Waals surface area contributed by atoms with Crippen molar-refractivity contribution in [1.82, 2.24) is 0 Å². The van der Waals surface area contributed by atoms with Crippen LogP contribution in [0, 0.1) is 0 Å². The van der Waals surface area contributed by atoms with Crippen LogP contribution in [0.3, 0.4) is 0 Å². The lowest BCUT2D eigenvalue weighted by atomic mass is 10.1. The lowest BCUT2D eigenvalue weighted by molar-refractivity contribution is -0.125. The van der Waals surface area contributed by atoms with Gasteiger partial charge in [-0.2, -0.15) is 0 Å². The number of carbonyl (C=O) groups is 2. The van der Waals surface area contributed by atoms with Crippen molar-refractivity contribution in [2.24, 2.45) is 5.73 Å². The Morgan fingerprint density at radius 2 is 1.89 bits per heavy atom. The van der Waals surface area contributed by atoms with Crippen molar-refractivity contribution in [2.45, 2.75) is 26.4 Å². The Hall–Kier alpha value is -1.88. The first-order chi connectivity index (χ1) is 8.29. The quantitative estimate of drug-likeness (QED) is 0.850. The zero-order chi connectivity index (χ0) is 13.8. The number of ether oxygens (including phenoxy) is 1. The maximum absolute atomic E-state index is 11.6. The van der Waals surface area contributed by atoms with Gasteiger partial charge < -0.3 is 15.8 Å². The molecule has 2 amide bonds. The SMILES string of the molecule is CC(C)(C)OCC(=O)Nc1ccccc1C(N)=O. The molecule has 98 valence electrons. The molecule has 0 aromatic heterocycles. The Kier molecular flexibility index (Phi) is 4.44. The summed E-state index contributed by atoms with van der Waals surface area (Å²) in [5.41, 5.74) is 5.50. The Morgan fingerprint density at radius 3 is 2.44 bits per heavy atom. The van der Waals surface area contributed by atoms with Crippen LogP contribution in [0.15, 0.2) is 24.3 Å². The van der Waals surface area contributed by atoms with E-state index in [0.717, 1.165) is 0 Å². The predicted molar refractivity (Wildman–Crippen MR) is 69.3 cm³/mol. The third kappa shape index (κ3) is 4.55. The molecule has 1 aromatic rings. The molecular formula is C13H18N2O3. The van der Waals surface area contributed by atoms with E-state index in [1.165, 1.54) is 0 Å². The topological polar surface area (TPSA) is 81.4 Å². The number of rotatable bonds is 4. The molecule has 0 atom stereocenters. The number of benzene rings is 1. The maximum Gasteiger partial charge on any atom is 0.250 e. The molecule has 0 fully saturated rings. The Bertz CT molecular complexity index is 450. The summed E-state index contributed by atoms with van der Waals surface area (Å²) < 4.78 is 5.34. The van der Waals surface area contributed by atoms with Crippen LogP contribution in [0.5, 0.6) is 0 Å². The highest BCUT2D eigenvalue weighted by molar-refractivity contribution is 6.03. The van der Waals surface area contributed by atoms with Crippen molar-refractivity contribution in [3.05, 3.63) is 29.8 Å². The first-order valence-electron chi connectivity index (χ1n) is 5.62. The Labute approximate surface area is 106 Å². The molecule has 1 aromatic carbocycles. The second-order valence-electron chi connectivity index (χ2n) is 4.86. The summed E-state index contributed by atoms with van der Waals surface area (Å²) in [5, 5.41) is 2.60. The van der Waals surface area contributed by atoms with Crippen LogP contribution in [0.4, 0.5) is 5.69 Å². The molecule has 18 heavy (non-hydrogen) atoms. The number of amides is 2. The summed E-state index contributed by atoms with van der Waals surface area (Å²) >= 11 is 0. The van der Waals surface area contributed by atoms with E-state index in [2.05, 4.69) is 5.32 Å². The molecule has 0 radical (unpaired) electrons. The maximum atomic E-state index is 11.6. The molecule has 5 heteroatoms. The van der Waals surface area contributed by atoms with E-state index in [9.17, 15) is 9.59 Å². The third-order valence-electron chi connectivity index (χ3n) is 2.10. The van der Waals surface area contributed by atoms with Gasteiger partial charge in [0.1, 0.15) is 6.61 Å². The van der Waals surface area contributed by atoms with E-state index in [-0.39, 0.29) is 23.7 Å². The molecule has 0 bridgehead atoms. The molecule has 0 heterocycles. The number of carbonyl (C=O) groups excluding carboxylic acids is 2. The normalized spacial score (nSPS) is 11.1. The molecule has 0 aliphatic rings. The van der Waals surface area contributed by atoms with Crippen LogP contribution in [-0.4, -0.2) is 24.0 Å². The van der Waals surface area contributed by atoms with Gasteiger partial charge in [0.05, 0.1) is 16.9 Å². The van der Waals surface area contributed by atoms with Crippen LogP contribution >= 0.6 is 0 Å². The number of nitrogens with two attached hydrogens (primary N) is 1. The van der Waals surface area contributed by atoms with Gasteiger partial charge in [-0.15, -0.1) is 0 Å². The Balaban J connectivity index is 2.68. The van der Waals surface area contributed by atoms with Crippen molar-refractivity contribution < 1.29 is 14.3 Å². The average Bonchev–Trinajstić information content (AvgIpc) is 2.26. The van der Waals surface area contributed by atoms with E-state index >= 15 is 0 Å². The standard InChI is InChI=1S/C13H18N2O3/c1-13(2,3)18-8-11(16)15-10-7-5-4-6-9(10)12(14)17/h4-7H,8H2,1-3H3,(H2,14,17)(H,15,16). The summed E-state index contributed by atoms with van der Waals surface area (Å²) in [6.07, 6.45) is 0. The van der Waals surface area contributed by atoms with E-state index in [1.807, 2.05) is 20.8 Å². The van der Waals surface area contributed by atoms with Gasteiger partial charge in [-0.3, -0.25) is 9.59 Å². The summed E-state index contributed by atoms with van der Waals surface area (Å²) in [6, 6.07) is 6.58. The van der Waals surface area contributed by atoms with Gasteiger partial charge in [-0.1, -0.05) is 12.1 Å². The smallest absolute Gasteiger partial charge is 0.250 e. The molecule has 0 saturated heterocycles. The van der Waals surface area contributed by atoms with E-state index < -0.39 is 5.91 Å². The number of primary amides is 1. The summed E-state index contributed by atoms with van der Waals surface area (Å²) in [5.74, 6) is -0.902. The summed E-state index contributed by atoms with van der Waals surface area (Å²) in [4.78, 5) is 22.8. The van der Waals surface area contributed by atoms with Gasteiger partial charge in [0.15, 0.2) is 0 Å². The molecule has 5 nitrogen and oxygen atoms in total. The average molecular weight is 250 g/mol. The summed E-state index contributed by atoms with van der Waals surface area (Å²) in [7, 11) is 0. The van der Waals surface area contributed by atoms with Crippen LogP contribution in [-0.2, 0) is 9.53 Å². The molecule has 0 spiro atoms. The lowest BCUT2D eigenvalue weighted by Crippen LogP contribution is -2.27. The van der Waals surface area contributed by atoms with Crippen molar-refractivity contribution in [2.75, 3.05) is 11.9 Å². The van der Waals surface area contributed by atoms with Gasteiger partial charge >= 0.3 is 0 Å². The highest BCUT2D eigenvalue weighted by atomic mass is 16.5. The molecule has 1 rings (SSSR count). The molecule has 0 unspecified atom stereocenters. The predicted octanol–water partition coefficient (Wildman–Crippen LogP) is 1.54. The van der Waals surface area contributed by atoms with Crippen LogP contribution < -0.4 is 11.1 Å². The second-order valence-corrected chi connectivity index (χ2v) is 4.86. The fourth-order valence-electron chi connectivity index (χ4n) is 1.28. The molecular weight excluding hydrogens is 232 g/mol. The van der Waals surface area contributed by atoms with E-state index in [0.29, 0.717) is 5.69 Å². The number of anilines is 1. The largest absolute Gasteiger partial charge is 0.366 e. The van der Waals surface area contributed by atoms with E-state index in [4.69, 9.17) is 10.5 Å². The van der Waals surface area contributed by atoms with Crippen molar-refractivity contribution >= 4 is 17.5 Å². The fourth-order valence-corrected chi connectivity index (χ4v) is 1.28. The molecule has 3 N–H and O–H groups in total. The van der Waals surface area contributed by atoms with Crippen molar-refractivity contribution in [3.8, 4) is 0 Å². The minimum absolute atomic E-state index is 0.0728. The zero-order valence-corrected chi connectivity index (χ0v) is 10.8. The van der Waals surface area contributed by atoms with Crippen LogP contribution in [0.2, 0.25) is 0 Å². The van der Waals surface area contributed by atoms with Crippen molar-refractivity contribution in [1.29, 1.82) is 0 Å². The fraction of sp³-hybridized carbons (Fsp3) is 0.385. The van der Waals surface area contributed by atoms with Crippen LogP contribution in [0.1, 0.15) is 31.1 Å². The van der Waals surface area contributed by atoms with E-state index in [1.54, 1.807) is 24.3 Å². The number of para-hydroxylation sites is 1. The number of hydrogen-bond acceptors (Lipinski definition) is 3. The first-order valence-corrected chi connectivity index (χ1v) is 5.62. The van der Waals surface area contributed by atoms with Crippen molar-refractivity contribution in [3.63, 3.8) is 0 Å². The third-order valence-corrected chi connectivity index (χ3v) is 2.10.